The van der Waals surface area contributed by atoms with Crippen LogP contribution in [-0.2, 0) is 4.79 Å². The molecule has 2 aromatic rings. The highest BCUT2D eigenvalue weighted by atomic mass is 19.1. The minimum atomic E-state index is -0.875. The van der Waals surface area contributed by atoms with Crippen molar-refractivity contribution in [1.29, 1.82) is 0 Å². The molecule has 0 atom stereocenters. The van der Waals surface area contributed by atoms with Crippen LogP contribution in [-0.4, -0.2) is 39.8 Å². The van der Waals surface area contributed by atoms with Crippen LogP contribution in [0.3, 0.4) is 0 Å². The Hall–Kier alpha value is -2.90. The van der Waals surface area contributed by atoms with Gasteiger partial charge in [-0.2, -0.15) is 0 Å². The number of halogens is 2. The Bertz CT molecular complexity index is 892. The van der Waals surface area contributed by atoms with Crippen LogP contribution < -0.4 is 5.32 Å². The van der Waals surface area contributed by atoms with Gasteiger partial charge in [0.05, 0.1) is 23.6 Å². The van der Waals surface area contributed by atoms with Crippen LogP contribution in [0.25, 0.3) is 0 Å². The Balaban J connectivity index is 1.31. The van der Waals surface area contributed by atoms with Crippen molar-refractivity contribution in [2.24, 2.45) is 5.92 Å². The van der Waals surface area contributed by atoms with Crippen LogP contribution in [0.4, 0.5) is 14.5 Å². The molecule has 8 heteroatoms. The summed E-state index contributed by atoms with van der Waals surface area (Å²) >= 11 is 0. The lowest BCUT2D eigenvalue weighted by Gasteiger charge is -2.31. The van der Waals surface area contributed by atoms with E-state index in [-0.39, 0.29) is 17.4 Å². The van der Waals surface area contributed by atoms with Crippen LogP contribution >= 0.6 is 0 Å². The van der Waals surface area contributed by atoms with Crippen molar-refractivity contribution in [2.45, 2.75) is 31.6 Å². The van der Waals surface area contributed by atoms with Gasteiger partial charge in [-0.15, -0.1) is 0 Å². The highest BCUT2D eigenvalue weighted by Gasteiger charge is 2.29. The van der Waals surface area contributed by atoms with Crippen LogP contribution in [0.2, 0.25) is 0 Å². The number of rotatable bonds is 4. The largest absolute Gasteiger partial charge is 0.339 e. The molecule has 0 unspecified atom stereocenters. The average molecular weight is 386 g/mol. The zero-order valence-electron chi connectivity index (χ0n) is 15.2. The molecule has 0 spiro atoms. The number of nitrogens with one attached hydrogen (secondary N) is 1. The van der Waals surface area contributed by atoms with E-state index in [2.05, 4.69) is 15.3 Å². The van der Waals surface area contributed by atoms with Crippen molar-refractivity contribution in [3.63, 3.8) is 0 Å². The monoisotopic (exact) mass is 386 g/mol. The van der Waals surface area contributed by atoms with Gasteiger partial charge < -0.3 is 10.2 Å². The van der Waals surface area contributed by atoms with Gasteiger partial charge in [0.1, 0.15) is 17.5 Å². The third-order valence-corrected chi connectivity index (χ3v) is 5.20. The number of carbonyl (C=O) groups excluding carboxylic acids is 2. The quantitative estimate of drug-likeness (QED) is 0.876. The van der Waals surface area contributed by atoms with Gasteiger partial charge in [-0.3, -0.25) is 9.59 Å². The molecule has 1 aromatic carbocycles. The summed E-state index contributed by atoms with van der Waals surface area (Å²) < 4.78 is 26.8. The normalized spacial score (nSPS) is 17.4. The van der Waals surface area contributed by atoms with Gasteiger partial charge in [0.2, 0.25) is 5.91 Å². The van der Waals surface area contributed by atoms with Crippen molar-refractivity contribution < 1.29 is 18.4 Å². The molecule has 6 nitrogen and oxygen atoms in total. The first kappa shape index (κ1) is 18.5. The fourth-order valence-corrected chi connectivity index (χ4v) is 3.38. The van der Waals surface area contributed by atoms with E-state index in [1.54, 1.807) is 12.4 Å². The van der Waals surface area contributed by atoms with Crippen LogP contribution in [0.5, 0.6) is 0 Å². The van der Waals surface area contributed by atoms with Crippen LogP contribution in [0, 0.1) is 17.6 Å². The van der Waals surface area contributed by atoms with E-state index in [9.17, 15) is 18.4 Å². The first-order valence-corrected chi connectivity index (χ1v) is 9.38. The van der Waals surface area contributed by atoms with Gasteiger partial charge in [-0.25, -0.2) is 18.7 Å². The lowest BCUT2D eigenvalue weighted by molar-refractivity contribution is -0.121. The predicted molar refractivity (Wildman–Crippen MR) is 97.6 cm³/mol. The molecule has 1 saturated carbocycles. The minimum Gasteiger partial charge on any atom is -0.339 e. The number of piperidine rings is 1. The van der Waals surface area contributed by atoms with Crippen LogP contribution in [0.1, 0.15) is 47.8 Å². The van der Waals surface area contributed by atoms with Crippen molar-refractivity contribution in [1.82, 2.24) is 14.9 Å². The second-order valence-electron chi connectivity index (χ2n) is 7.28. The maximum Gasteiger partial charge on any atom is 0.256 e. The first-order valence-electron chi connectivity index (χ1n) is 9.38. The molecule has 0 bridgehead atoms. The number of anilines is 1. The Morgan fingerprint density at radius 1 is 1.04 bits per heavy atom. The van der Waals surface area contributed by atoms with Gasteiger partial charge in [0, 0.05) is 31.0 Å². The summed E-state index contributed by atoms with van der Waals surface area (Å²) in [5.74, 6) is -1.19. The summed E-state index contributed by atoms with van der Waals surface area (Å²) in [5.41, 5.74) is 0.401. The second-order valence-corrected chi connectivity index (χ2v) is 7.28. The third kappa shape index (κ3) is 4.00. The summed E-state index contributed by atoms with van der Waals surface area (Å²) in [6, 6.07) is 2.91. The van der Waals surface area contributed by atoms with E-state index in [0.717, 1.165) is 30.8 Å². The zero-order chi connectivity index (χ0) is 19.7. The molecule has 1 aromatic heterocycles. The molecule has 2 aliphatic rings. The number of aromatic nitrogens is 2. The highest BCUT2D eigenvalue weighted by molar-refractivity contribution is 5.95. The van der Waals surface area contributed by atoms with Gasteiger partial charge >= 0.3 is 0 Å². The number of hydrogen-bond donors (Lipinski definition) is 1. The minimum absolute atomic E-state index is 0.136. The number of amides is 2. The third-order valence-electron chi connectivity index (χ3n) is 5.20. The fraction of sp³-hybridized carbons (Fsp3) is 0.400. The number of hydrogen-bond acceptors (Lipinski definition) is 4. The number of nitrogens with zero attached hydrogens (tertiary/aromatic N) is 3. The summed E-state index contributed by atoms with van der Waals surface area (Å²) in [7, 11) is 0. The maximum absolute atomic E-state index is 13.8. The lowest BCUT2D eigenvalue weighted by Crippen LogP contribution is -2.41. The standard InChI is InChI=1S/C20H20F2N4O2/c21-14-3-4-16(17(22)9-14)20(28)26-7-5-13(6-8-26)19(27)25-15-10-23-18(24-11-15)12-1-2-12/h3-4,9-13H,1-2,5-8H2,(H,25,27). The molecule has 1 aliphatic heterocycles. The average Bonchev–Trinajstić information content (AvgIpc) is 3.53. The zero-order valence-corrected chi connectivity index (χ0v) is 15.2. The van der Waals surface area contributed by atoms with E-state index in [1.807, 2.05) is 0 Å². The number of carbonyl (C=O) groups is 2. The van der Waals surface area contributed by atoms with E-state index in [4.69, 9.17) is 0 Å². The van der Waals surface area contributed by atoms with E-state index in [0.29, 0.717) is 43.6 Å². The molecular weight excluding hydrogens is 366 g/mol. The molecule has 1 N–H and O–H groups in total. The number of likely N-dealkylation sites (tertiary alicyclic amines) is 1. The Morgan fingerprint density at radius 3 is 2.32 bits per heavy atom. The molecule has 0 radical (unpaired) electrons. The van der Waals surface area contributed by atoms with Gasteiger partial charge in [0.25, 0.3) is 5.91 Å². The number of benzene rings is 1. The molecule has 2 fully saturated rings. The van der Waals surface area contributed by atoms with Crippen LogP contribution in [0.15, 0.2) is 30.6 Å². The van der Waals surface area contributed by atoms with E-state index >= 15 is 0 Å². The second kappa shape index (κ2) is 7.61. The summed E-state index contributed by atoms with van der Waals surface area (Å²) in [5, 5.41) is 2.82. The Morgan fingerprint density at radius 2 is 1.71 bits per heavy atom. The van der Waals surface area contributed by atoms with Gasteiger partial charge in [-0.1, -0.05) is 0 Å². The summed E-state index contributed by atoms with van der Waals surface area (Å²) in [6.45, 7) is 0.676. The van der Waals surface area contributed by atoms with Crippen molar-refractivity contribution in [3.05, 3.63) is 53.6 Å². The van der Waals surface area contributed by atoms with Crippen molar-refractivity contribution in [2.75, 3.05) is 18.4 Å². The molecule has 4 rings (SSSR count). The van der Waals surface area contributed by atoms with E-state index < -0.39 is 17.5 Å². The Kier molecular flexibility index (Phi) is 5.02. The molecule has 2 heterocycles. The van der Waals surface area contributed by atoms with Crippen molar-refractivity contribution >= 4 is 17.5 Å². The Labute approximate surface area is 161 Å². The fourth-order valence-electron chi connectivity index (χ4n) is 3.38. The predicted octanol–water partition coefficient (Wildman–Crippen LogP) is 3.12. The first-order chi connectivity index (χ1) is 13.5. The summed E-state index contributed by atoms with van der Waals surface area (Å²) in [4.78, 5) is 35.0. The molecular formula is C20H20F2N4O2. The molecule has 28 heavy (non-hydrogen) atoms. The van der Waals surface area contributed by atoms with Crippen molar-refractivity contribution in [3.8, 4) is 0 Å². The molecule has 2 amide bonds. The van der Waals surface area contributed by atoms with Gasteiger partial charge in [0.15, 0.2) is 0 Å². The topological polar surface area (TPSA) is 75.2 Å². The summed E-state index contributed by atoms with van der Waals surface area (Å²) in [6.07, 6.45) is 6.42. The lowest BCUT2D eigenvalue weighted by atomic mass is 9.95. The highest BCUT2D eigenvalue weighted by Crippen LogP contribution is 2.37. The maximum atomic E-state index is 13.8. The molecule has 146 valence electrons. The SMILES string of the molecule is O=C(Nc1cnc(C2CC2)nc1)C1CCN(C(=O)c2ccc(F)cc2F)CC1. The molecule has 1 aliphatic carbocycles. The molecule has 1 saturated heterocycles. The van der Waals surface area contributed by atoms with E-state index in [1.165, 1.54) is 4.90 Å². The van der Waals surface area contributed by atoms with Gasteiger partial charge in [-0.05, 0) is 37.8 Å². The smallest absolute Gasteiger partial charge is 0.256 e.